The van der Waals surface area contributed by atoms with Crippen molar-refractivity contribution in [1.29, 1.82) is 0 Å². The molecule has 30 heavy (non-hydrogen) atoms. The van der Waals surface area contributed by atoms with Gasteiger partial charge in [-0.2, -0.15) is 8.78 Å². The van der Waals surface area contributed by atoms with E-state index in [4.69, 9.17) is 4.74 Å². The van der Waals surface area contributed by atoms with E-state index in [0.717, 1.165) is 11.1 Å². The summed E-state index contributed by atoms with van der Waals surface area (Å²) >= 11 is 0. The van der Waals surface area contributed by atoms with Crippen LogP contribution in [0.25, 0.3) is 0 Å². The number of nitrogens with zero attached hydrogens (tertiary/aromatic N) is 1. The van der Waals surface area contributed by atoms with Crippen LogP contribution in [-0.4, -0.2) is 24.6 Å². The molecule has 0 fully saturated rings. The summed E-state index contributed by atoms with van der Waals surface area (Å²) in [7, 11) is 1.33. The van der Waals surface area contributed by atoms with Crippen molar-refractivity contribution >= 4 is 5.91 Å². The molecule has 3 aromatic rings. The maximum Gasteiger partial charge on any atom is 0.387 e. The van der Waals surface area contributed by atoms with E-state index in [0.29, 0.717) is 13.1 Å². The Morgan fingerprint density at radius 2 is 1.47 bits per heavy atom. The predicted molar refractivity (Wildman–Crippen MR) is 109 cm³/mol. The minimum absolute atomic E-state index is 0.0561. The van der Waals surface area contributed by atoms with Gasteiger partial charge in [-0.25, -0.2) is 5.01 Å². The lowest BCUT2D eigenvalue weighted by Gasteiger charge is -2.24. The second-order valence-electron chi connectivity index (χ2n) is 6.51. The third-order valence-corrected chi connectivity index (χ3v) is 4.33. The Morgan fingerprint density at radius 1 is 0.900 bits per heavy atom. The van der Waals surface area contributed by atoms with Gasteiger partial charge in [0.15, 0.2) is 11.5 Å². The van der Waals surface area contributed by atoms with E-state index in [-0.39, 0.29) is 23.0 Å². The van der Waals surface area contributed by atoms with E-state index in [1.165, 1.54) is 25.3 Å². The van der Waals surface area contributed by atoms with Crippen molar-refractivity contribution in [3.63, 3.8) is 0 Å². The monoisotopic (exact) mass is 412 g/mol. The molecule has 0 aliphatic heterocycles. The lowest BCUT2D eigenvalue weighted by Crippen LogP contribution is -2.41. The number of methoxy groups -OCH3 is 1. The van der Waals surface area contributed by atoms with Crippen molar-refractivity contribution in [2.24, 2.45) is 0 Å². The summed E-state index contributed by atoms with van der Waals surface area (Å²) in [5, 5.41) is 1.79. The zero-order valence-corrected chi connectivity index (χ0v) is 16.4. The first-order valence-electron chi connectivity index (χ1n) is 9.32. The maximum absolute atomic E-state index is 12.8. The number of amides is 1. The number of carbonyl (C=O) groups is 1. The smallest absolute Gasteiger partial charge is 0.387 e. The number of carbonyl (C=O) groups excluding carboxylic acids is 1. The molecule has 0 bridgehead atoms. The van der Waals surface area contributed by atoms with E-state index in [9.17, 15) is 13.6 Å². The number of hydrazine groups is 1. The highest BCUT2D eigenvalue weighted by Crippen LogP contribution is 2.29. The third-order valence-electron chi connectivity index (χ3n) is 4.33. The molecular weight excluding hydrogens is 390 g/mol. The van der Waals surface area contributed by atoms with Crippen LogP contribution in [0.4, 0.5) is 8.78 Å². The Morgan fingerprint density at radius 3 is 1.97 bits per heavy atom. The number of ether oxygens (including phenoxy) is 2. The average molecular weight is 412 g/mol. The van der Waals surface area contributed by atoms with E-state index in [2.05, 4.69) is 10.2 Å². The van der Waals surface area contributed by atoms with Crippen LogP contribution in [0.1, 0.15) is 21.5 Å². The van der Waals surface area contributed by atoms with E-state index < -0.39 is 6.61 Å². The van der Waals surface area contributed by atoms with E-state index in [1.54, 1.807) is 5.01 Å². The number of nitrogens with one attached hydrogen (secondary N) is 1. The third kappa shape index (κ3) is 6.02. The van der Waals surface area contributed by atoms with Crippen molar-refractivity contribution in [2.75, 3.05) is 7.11 Å². The number of hydrogen-bond donors (Lipinski definition) is 1. The number of benzene rings is 3. The molecule has 7 heteroatoms. The molecule has 1 amide bonds. The van der Waals surface area contributed by atoms with Crippen LogP contribution < -0.4 is 14.9 Å². The normalized spacial score (nSPS) is 10.8. The predicted octanol–water partition coefficient (Wildman–Crippen LogP) is 4.64. The molecule has 0 spiro atoms. The van der Waals surface area contributed by atoms with Gasteiger partial charge in [0.05, 0.1) is 7.11 Å². The summed E-state index contributed by atoms with van der Waals surface area (Å²) in [5.41, 5.74) is 5.22. The van der Waals surface area contributed by atoms with Gasteiger partial charge >= 0.3 is 6.61 Å². The molecule has 0 aliphatic carbocycles. The molecule has 5 nitrogen and oxygen atoms in total. The fourth-order valence-corrected chi connectivity index (χ4v) is 2.95. The standard InChI is InChI=1S/C23H22F2N2O3/c1-29-21-14-19(12-13-20(21)30-23(24)25)22(28)26-27(15-17-8-4-2-5-9-17)16-18-10-6-3-7-11-18/h2-14,23H,15-16H2,1H3,(H,26,28). The molecule has 0 saturated heterocycles. The summed E-state index contributed by atoms with van der Waals surface area (Å²) in [6, 6.07) is 23.6. The van der Waals surface area contributed by atoms with E-state index >= 15 is 0 Å². The van der Waals surface area contributed by atoms with Gasteiger partial charge in [-0.1, -0.05) is 60.7 Å². The molecule has 1 N–H and O–H groups in total. The largest absolute Gasteiger partial charge is 0.493 e. The summed E-state index contributed by atoms with van der Waals surface area (Å²) < 4.78 is 34.5. The van der Waals surface area contributed by atoms with Crippen molar-refractivity contribution in [1.82, 2.24) is 10.4 Å². The lowest BCUT2D eigenvalue weighted by atomic mass is 10.1. The molecule has 3 aromatic carbocycles. The highest BCUT2D eigenvalue weighted by atomic mass is 19.3. The number of alkyl halides is 2. The van der Waals surface area contributed by atoms with Crippen LogP contribution >= 0.6 is 0 Å². The Labute approximate surface area is 173 Å². The zero-order chi connectivity index (χ0) is 21.3. The lowest BCUT2D eigenvalue weighted by molar-refractivity contribution is -0.0512. The topological polar surface area (TPSA) is 50.8 Å². The van der Waals surface area contributed by atoms with Crippen molar-refractivity contribution < 1.29 is 23.0 Å². The number of rotatable bonds is 9. The summed E-state index contributed by atoms with van der Waals surface area (Å²) in [6.45, 7) is -2.00. The maximum atomic E-state index is 12.8. The van der Waals surface area contributed by atoms with Gasteiger partial charge in [-0.05, 0) is 29.3 Å². The molecular formula is C23H22F2N2O3. The van der Waals surface area contributed by atoms with Gasteiger partial charge in [-0.15, -0.1) is 0 Å². The molecule has 0 aromatic heterocycles. The quantitative estimate of drug-likeness (QED) is 0.520. The van der Waals surface area contributed by atoms with E-state index in [1.807, 2.05) is 60.7 Å². The average Bonchev–Trinajstić information content (AvgIpc) is 2.75. The Balaban J connectivity index is 1.78. The first-order valence-corrected chi connectivity index (χ1v) is 9.32. The van der Waals surface area contributed by atoms with Crippen LogP contribution in [0, 0.1) is 0 Å². The van der Waals surface area contributed by atoms with Gasteiger partial charge < -0.3 is 9.47 Å². The molecule has 0 saturated carbocycles. The molecule has 0 unspecified atom stereocenters. The number of hydrogen-bond acceptors (Lipinski definition) is 4. The van der Waals surface area contributed by atoms with Crippen LogP contribution in [-0.2, 0) is 13.1 Å². The molecule has 0 heterocycles. The second-order valence-corrected chi connectivity index (χ2v) is 6.51. The zero-order valence-electron chi connectivity index (χ0n) is 16.4. The molecule has 156 valence electrons. The van der Waals surface area contributed by atoms with Crippen molar-refractivity contribution in [3.05, 3.63) is 95.6 Å². The number of halogens is 2. The molecule has 3 rings (SSSR count). The summed E-state index contributed by atoms with van der Waals surface area (Å²) in [6.07, 6.45) is 0. The summed E-state index contributed by atoms with van der Waals surface area (Å²) in [4.78, 5) is 12.8. The molecule has 0 atom stereocenters. The Hall–Kier alpha value is -3.45. The van der Waals surface area contributed by atoms with Gasteiger partial charge in [0.2, 0.25) is 0 Å². The Kier molecular flexibility index (Phi) is 7.34. The first kappa shape index (κ1) is 21.3. The Bertz CT molecular complexity index is 912. The van der Waals surface area contributed by atoms with Crippen LogP contribution in [0.3, 0.4) is 0 Å². The first-order chi connectivity index (χ1) is 14.5. The molecule has 0 aliphatic rings. The molecule has 0 radical (unpaired) electrons. The van der Waals surface area contributed by atoms with Gasteiger partial charge in [0, 0.05) is 18.7 Å². The van der Waals surface area contributed by atoms with Crippen LogP contribution in [0.5, 0.6) is 11.5 Å². The van der Waals surface area contributed by atoms with Crippen molar-refractivity contribution in [2.45, 2.75) is 19.7 Å². The fourth-order valence-electron chi connectivity index (χ4n) is 2.95. The van der Waals surface area contributed by atoms with Crippen LogP contribution in [0.15, 0.2) is 78.9 Å². The van der Waals surface area contributed by atoms with Crippen LogP contribution in [0.2, 0.25) is 0 Å². The highest BCUT2D eigenvalue weighted by molar-refractivity contribution is 5.94. The van der Waals surface area contributed by atoms with Gasteiger partial charge in [0.25, 0.3) is 5.91 Å². The van der Waals surface area contributed by atoms with Gasteiger partial charge in [0.1, 0.15) is 0 Å². The van der Waals surface area contributed by atoms with Gasteiger partial charge in [-0.3, -0.25) is 10.2 Å². The van der Waals surface area contributed by atoms with Crippen molar-refractivity contribution in [3.8, 4) is 11.5 Å². The fraction of sp³-hybridized carbons (Fsp3) is 0.174. The minimum Gasteiger partial charge on any atom is -0.493 e. The second kappa shape index (κ2) is 10.4. The summed E-state index contributed by atoms with van der Waals surface area (Å²) in [5.74, 6) is -0.459. The minimum atomic E-state index is -2.98. The highest BCUT2D eigenvalue weighted by Gasteiger charge is 2.17. The SMILES string of the molecule is COc1cc(C(=O)NN(Cc2ccccc2)Cc2ccccc2)ccc1OC(F)F.